The number of fused-ring (bicyclic) bond motifs is 2. The molecule has 0 atom stereocenters. The number of urea groups is 1. The number of ether oxygens (including phenoxy) is 2. The lowest BCUT2D eigenvalue weighted by Crippen LogP contribution is -2.27. The van der Waals surface area contributed by atoms with E-state index in [1.165, 1.54) is 74.9 Å². The first-order valence-electron chi connectivity index (χ1n) is 16.6. The molecule has 23 heteroatoms. The maximum Gasteiger partial charge on any atom is 0.335 e. The number of ketones is 2. The first kappa shape index (κ1) is 41.9. The van der Waals surface area contributed by atoms with E-state index in [0.717, 1.165) is 24.3 Å². The van der Waals surface area contributed by atoms with Crippen molar-refractivity contribution in [3.63, 3.8) is 0 Å². The minimum absolute atomic E-state index is 0.00363. The summed E-state index contributed by atoms with van der Waals surface area (Å²) in [5.74, 6) is -4.38. The molecule has 2 amide bonds. The number of methoxy groups -OCH3 is 2. The maximum atomic E-state index is 13.5. The molecule has 0 unspecified atom stereocenters. The smallest absolute Gasteiger partial charge is 0.335 e. The predicted octanol–water partition coefficient (Wildman–Crippen LogP) is 4.53. The van der Waals surface area contributed by atoms with E-state index in [2.05, 4.69) is 31.7 Å². The van der Waals surface area contributed by atoms with Gasteiger partial charge in [-0.05, 0) is 96.1 Å². The number of carboxylic acids is 2. The van der Waals surface area contributed by atoms with Crippen LogP contribution in [0.25, 0.3) is 12.2 Å². The van der Waals surface area contributed by atoms with Crippen molar-refractivity contribution in [1.29, 1.82) is 0 Å². The number of carboxylic acid groups (broad SMARTS) is 2. The Balaban J connectivity index is 1.22. The molecule has 0 radical (unpaired) electrons. The number of hydrogen-bond acceptors (Lipinski definition) is 15. The van der Waals surface area contributed by atoms with Crippen LogP contribution in [0.1, 0.15) is 52.6 Å². The number of Topliss-reactive ketones (excluding diaryl/α,β-unsaturated/α-hetero) is 2. The van der Waals surface area contributed by atoms with Gasteiger partial charge in [-0.2, -0.15) is 27.0 Å². The molecule has 0 saturated carbocycles. The summed E-state index contributed by atoms with van der Waals surface area (Å²) < 4.78 is 79.8. The van der Waals surface area contributed by atoms with Crippen LogP contribution in [-0.4, -0.2) is 91.3 Å². The third-order valence-electron chi connectivity index (χ3n) is 8.61. The Morgan fingerprint density at radius 2 is 0.967 bits per heavy atom. The summed E-state index contributed by atoms with van der Waals surface area (Å²) in [6, 6.07) is 14.0. The fourth-order valence-corrected chi connectivity index (χ4v) is 7.11. The Bertz CT molecular complexity index is 2730. The fraction of sp³-hybridized carbons (Fsp3) is 0.0541. The number of hydrazone groups is 2. The third-order valence-corrected chi connectivity index (χ3v) is 10.3. The highest BCUT2D eigenvalue weighted by Gasteiger charge is 2.35. The highest BCUT2D eigenvalue weighted by molar-refractivity contribution is 7.91. The monoisotopic (exact) mass is 860 g/mol. The van der Waals surface area contributed by atoms with E-state index < -0.39 is 71.0 Å². The molecule has 0 spiro atoms. The number of hydrogen-bond donors (Lipinski definition) is 8. The van der Waals surface area contributed by atoms with Gasteiger partial charge >= 0.3 is 18.0 Å². The van der Waals surface area contributed by atoms with Gasteiger partial charge in [0.1, 0.15) is 21.3 Å². The SMILES string of the molecule is COc1cc(C(=O)O)ccc1NN=C1C(=O)c2ccc(NC(=O)Nc3ccc4c(c3)C=C(S(=O)(=O)O)C(=NNc3ccc(C(=O)O)cc3OC)C4=O)cc2C=C1S(=O)(=O)O. The number of nitrogens with one attached hydrogen (secondary N) is 4. The van der Waals surface area contributed by atoms with Crippen molar-refractivity contribution in [2.75, 3.05) is 35.7 Å². The van der Waals surface area contributed by atoms with Gasteiger partial charge in [0.05, 0.1) is 36.7 Å². The summed E-state index contributed by atoms with van der Waals surface area (Å²) in [7, 11) is -7.66. The van der Waals surface area contributed by atoms with Crippen molar-refractivity contribution >= 4 is 96.1 Å². The molecular weight excluding hydrogens is 833 g/mol. The molecule has 308 valence electrons. The molecule has 0 saturated heterocycles. The van der Waals surface area contributed by atoms with Crippen LogP contribution in [0.4, 0.5) is 27.5 Å². The lowest BCUT2D eigenvalue weighted by atomic mass is 9.94. The molecule has 0 bridgehead atoms. The zero-order valence-corrected chi connectivity index (χ0v) is 32.2. The number of nitrogens with zero attached hydrogens (tertiary/aromatic N) is 2. The quantitative estimate of drug-likeness (QED) is 0.0716. The first-order chi connectivity index (χ1) is 28.3. The Morgan fingerprint density at radius 1 is 0.583 bits per heavy atom. The molecule has 60 heavy (non-hydrogen) atoms. The van der Waals surface area contributed by atoms with E-state index in [-0.39, 0.29) is 67.6 Å². The molecule has 0 aliphatic heterocycles. The molecule has 0 aromatic heterocycles. The first-order valence-corrected chi connectivity index (χ1v) is 19.5. The standard InChI is InChI=1S/C37H28N6O15S2/c1-57-27-13-17(35(46)47)3-9-25(27)40-42-31-29(59(51,52)53)15-19-11-21(5-7-23(19)33(31)44)38-37(50)39-22-6-8-24-20(12-22)16-30(60(54,55)56)32(34(24)45)43-41-26-10-4-18(36(48)49)14-28(26)58-2/h3-16,40-41H,1-2H3,(H,46,47)(H,48,49)(H2,38,39,50)(H,51,52,53)(H,54,55,56). The minimum Gasteiger partial charge on any atom is -0.494 e. The molecule has 6 rings (SSSR count). The van der Waals surface area contributed by atoms with Crippen molar-refractivity contribution in [2.24, 2.45) is 10.2 Å². The Kier molecular flexibility index (Phi) is 11.4. The van der Waals surface area contributed by atoms with Crippen LogP contribution in [0.3, 0.4) is 0 Å². The summed E-state index contributed by atoms with van der Waals surface area (Å²) in [6.07, 6.45) is 1.89. The van der Waals surface area contributed by atoms with Crippen molar-refractivity contribution < 1.29 is 69.6 Å². The largest absolute Gasteiger partial charge is 0.494 e. The molecule has 2 aliphatic rings. The van der Waals surface area contributed by atoms with E-state index in [9.17, 15) is 60.1 Å². The third kappa shape index (κ3) is 8.72. The number of rotatable bonds is 12. The molecular formula is C37H28N6O15S2. The van der Waals surface area contributed by atoms with Crippen LogP contribution >= 0.6 is 0 Å². The Morgan fingerprint density at radius 3 is 1.30 bits per heavy atom. The highest BCUT2D eigenvalue weighted by atomic mass is 32.2. The average molecular weight is 861 g/mol. The Labute approximate surface area is 338 Å². The van der Waals surface area contributed by atoms with Gasteiger partial charge in [-0.3, -0.25) is 29.5 Å². The second-order valence-electron chi connectivity index (χ2n) is 12.4. The summed E-state index contributed by atoms with van der Waals surface area (Å²) >= 11 is 0. The number of carbonyl (C=O) groups is 5. The van der Waals surface area contributed by atoms with Gasteiger partial charge in [0.15, 0.2) is 11.4 Å². The Hall–Kier alpha value is -7.73. The second kappa shape index (κ2) is 16.3. The normalized spacial score (nSPS) is 14.9. The second-order valence-corrected chi connectivity index (χ2v) is 15.2. The van der Waals surface area contributed by atoms with Crippen molar-refractivity contribution in [1.82, 2.24) is 0 Å². The highest BCUT2D eigenvalue weighted by Crippen LogP contribution is 2.32. The summed E-state index contributed by atoms with van der Waals surface area (Å²) in [6.45, 7) is 0. The molecule has 4 aromatic rings. The van der Waals surface area contributed by atoms with Gasteiger partial charge in [0.2, 0.25) is 11.6 Å². The maximum absolute atomic E-state index is 13.5. The molecule has 0 heterocycles. The van der Waals surface area contributed by atoms with Crippen LogP contribution in [0.2, 0.25) is 0 Å². The number of allylic oxidation sites excluding steroid dienone is 2. The van der Waals surface area contributed by atoms with Crippen LogP contribution in [0, 0.1) is 0 Å². The molecule has 21 nitrogen and oxygen atoms in total. The van der Waals surface area contributed by atoms with E-state index in [0.29, 0.717) is 0 Å². The van der Waals surface area contributed by atoms with Crippen molar-refractivity contribution in [3.8, 4) is 11.5 Å². The predicted molar refractivity (Wildman–Crippen MR) is 215 cm³/mol. The van der Waals surface area contributed by atoms with E-state index in [1.54, 1.807) is 0 Å². The van der Waals surface area contributed by atoms with Crippen LogP contribution in [-0.2, 0) is 20.2 Å². The number of aromatic carboxylic acids is 2. The lowest BCUT2D eigenvalue weighted by Gasteiger charge is -2.18. The minimum atomic E-state index is -5.07. The lowest BCUT2D eigenvalue weighted by molar-refractivity contribution is 0.0686. The summed E-state index contributed by atoms with van der Waals surface area (Å²) in [5, 5.41) is 31.2. The zero-order chi connectivity index (χ0) is 43.7. The van der Waals surface area contributed by atoms with Gasteiger partial charge in [-0.15, -0.1) is 0 Å². The van der Waals surface area contributed by atoms with Crippen molar-refractivity contribution in [2.45, 2.75) is 0 Å². The van der Waals surface area contributed by atoms with Crippen molar-refractivity contribution in [3.05, 3.63) is 116 Å². The van der Waals surface area contributed by atoms with Gasteiger partial charge < -0.3 is 30.3 Å². The average Bonchev–Trinajstić information content (AvgIpc) is 3.18. The van der Waals surface area contributed by atoms with Crippen LogP contribution in [0.5, 0.6) is 11.5 Å². The van der Waals surface area contributed by atoms with Gasteiger partial charge in [-0.25, -0.2) is 14.4 Å². The van der Waals surface area contributed by atoms with Crippen LogP contribution < -0.4 is 31.0 Å². The number of amides is 2. The molecule has 0 fully saturated rings. The topological polar surface area (TPSA) is 326 Å². The molecule has 4 aromatic carbocycles. The van der Waals surface area contributed by atoms with Gasteiger partial charge in [0, 0.05) is 22.5 Å². The summed E-state index contributed by atoms with van der Waals surface area (Å²) in [4.78, 5) is 60.8. The van der Waals surface area contributed by atoms with Gasteiger partial charge in [0.25, 0.3) is 20.2 Å². The van der Waals surface area contributed by atoms with Gasteiger partial charge in [-0.1, -0.05) is 0 Å². The van der Waals surface area contributed by atoms with Crippen LogP contribution in [0.15, 0.2) is 92.8 Å². The number of benzene rings is 4. The van der Waals surface area contributed by atoms with E-state index >= 15 is 0 Å². The van der Waals surface area contributed by atoms with E-state index in [1.807, 2.05) is 0 Å². The molecule has 2 aliphatic carbocycles. The zero-order valence-electron chi connectivity index (χ0n) is 30.6. The number of carbonyl (C=O) groups excluding carboxylic acids is 3. The fourth-order valence-electron chi connectivity index (χ4n) is 5.80. The molecule has 8 N–H and O–H groups in total. The van der Waals surface area contributed by atoms with E-state index in [4.69, 9.17) is 9.47 Å². The number of anilines is 4. The summed E-state index contributed by atoms with van der Waals surface area (Å²) in [5.41, 5.74) is 3.20.